The first-order valence-electron chi connectivity index (χ1n) is 5.29. The lowest BCUT2D eigenvalue weighted by Crippen LogP contribution is -2.00. The zero-order chi connectivity index (χ0) is 10.6. The molecule has 0 aliphatic carbocycles. The standard InChI is InChI=1S/C12H19NO/c1-3-5-9-7-8-11(14)12(13)10(9)6-4-2/h7-8,14H,3-6,13H2,1-2H3. The first-order chi connectivity index (χ1) is 6.70. The molecule has 0 aliphatic rings. The topological polar surface area (TPSA) is 46.2 Å². The summed E-state index contributed by atoms with van der Waals surface area (Å²) in [6.45, 7) is 4.28. The van der Waals surface area contributed by atoms with E-state index in [9.17, 15) is 5.11 Å². The maximum Gasteiger partial charge on any atom is 0.138 e. The van der Waals surface area contributed by atoms with Crippen molar-refractivity contribution in [2.45, 2.75) is 39.5 Å². The molecular formula is C12H19NO. The zero-order valence-electron chi connectivity index (χ0n) is 9.01. The molecule has 1 rings (SSSR count). The van der Waals surface area contributed by atoms with Crippen molar-refractivity contribution in [1.82, 2.24) is 0 Å². The molecule has 0 radical (unpaired) electrons. The van der Waals surface area contributed by atoms with Crippen LogP contribution in [-0.2, 0) is 12.8 Å². The average Bonchev–Trinajstić information content (AvgIpc) is 2.18. The van der Waals surface area contributed by atoms with Gasteiger partial charge in [0.05, 0.1) is 5.69 Å². The zero-order valence-corrected chi connectivity index (χ0v) is 9.01. The van der Waals surface area contributed by atoms with Crippen LogP contribution in [0.25, 0.3) is 0 Å². The van der Waals surface area contributed by atoms with Gasteiger partial charge in [0.1, 0.15) is 5.75 Å². The van der Waals surface area contributed by atoms with Crippen LogP contribution < -0.4 is 5.73 Å². The highest BCUT2D eigenvalue weighted by Gasteiger charge is 2.08. The normalized spacial score (nSPS) is 10.4. The third-order valence-electron chi connectivity index (χ3n) is 2.45. The third kappa shape index (κ3) is 2.19. The highest BCUT2D eigenvalue weighted by atomic mass is 16.3. The lowest BCUT2D eigenvalue weighted by Gasteiger charge is -2.12. The summed E-state index contributed by atoms with van der Waals surface area (Å²) in [5.74, 6) is 0.216. The Balaban J connectivity index is 3.08. The van der Waals surface area contributed by atoms with Crippen LogP contribution in [0.5, 0.6) is 5.75 Å². The monoisotopic (exact) mass is 193 g/mol. The molecule has 0 saturated heterocycles. The predicted octanol–water partition coefficient (Wildman–Crippen LogP) is 2.88. The van der Waals surface area contributed by atoms with E-state index < -0.39 is 0 Å². The quantitative estimate of drug-likeness (QED) is 0.570. The van der Waals surface area contributed by atoms with Crippen LogP contribution in [0.15, 0.2) is 12.1 Å². The van der Waals surface area contributed by atoms with E-state index in [1.807, 2.05) is 6.07 Å². The number of nitrogens with two attached hydrogens (primary N) is 1. The minimum Gasteiger partial charge on any atom is -0.506 e. The first kappa shape index (κ1) is 10.9. The molecule has 78 valence electrons. The summed E-state index contributed by atoms with van der Waals surface area (Å²) in [4.78, 5) is 0. The Morgan fingerprint density at radius 2 is 1.79 bits per heavy atom. The highest BCUT2D eigenvalue weighted by molar-refractivity contribution is 5.60. The summed E-state index contributed by atoms with van der Waals surface area (Å²) in [7, 11) is 0. The van der Waals surface area contributed by atoms with E-state index >= 15 is 0 Å². The number of phenols is 1. The number of nitrogen functional groups attached to an aromatic ring is 1. The van der Waals surface area contributed by atoms with Gasteiger partial charge >= 0.3 is 0 Å². The van der Waals surface area contributed by atoms with Crippen molar-refractivity contribution in [1.29, 1.82) is 0 Å². The van der Waals surface area contributed by atoms with Crippen LogP contribution in [0, 0.1) is 0 Å². The molecule has 0 aliphatic heterocycles. The molecule has 0 spiro atoms. The van der Waals surface area contributed by atoms with E-state index in [-0.39, 0.29) is 5.75 Å². The van der Waals surface area contributed by atoms with E-state index in [1.165, 1.54) is 5.56 Å². The molecular weight excluding hydrogens is 174 g/mol. The van der Waals surface area contributed by atoms with Crippen molar-refractivity contribution in [2.24, 2.45) is 0 Å². The van der Waals surface area contributed by atoms with Crippen molar-refractivity contribution in [3.8, 4) is 5.75 Å². The van der Waals surface area contributed by atoms with Gasteiger partial charge in [-0.1, -0.05) is 32.8 Å². The van der Waals surface area contributed by atoms with Crippen molar-refractivity contribution in [3.63, 3.8) is 0 Å². The van der Waals surface area contributed by atoms with Gasteiger partial charge in [-0.25, -0.2) is 0 Å². The van der Waals surface area contributed by atoms with E-state index in [0.29, 0.717) is 5.69 Å². The van der Waals surface area contributed by atoms with Gasteiger partial charge in [-0.05, 0) is 30.0 Å². The van der Waals surface area contributed by atoms with Gasteiger partial charge in [0.25, 0.3) is 0 Å². The molecule has 2 nitrogen and oxygen atoms in total. The van der Waals surface area contributed by atoms with Crippen LogP contribution in [-0.4, -0.2) is 5.11 Å². The Labute approximate surface area is 85.8 Å². The van der Waals surface area contributed by atoms with Crippen LogP contribution >= 0.6 is 0 Å². The molecule has 0 unspecified atom stereocenters. The summed E-state index contributed by atoms with van der Waals surface area (Å²) in [5, 5.41) is 9.49. The summed E-state index contributed by atoms with van der Waals surface area (Å²) >= 11 is 0. The summed E-state index contributed by atoms with van der Waals surface area (Å²) in [6, 6.07) is 3.68. The van der Waals surface area contributed by atoms with Gasteiger partial charge in [0.2, 0.25) is 0 Å². The fourth-order valence-electron chi connectivity index (χ4n) is 1.75. The molecule has 3 N–H and O–H groups in total. The second-order valence-electron chi connectivity index (χ2n) is 3.64. The second kappa shape index (κ2) is 4.89. The van der Waals surface area contributed by atoms with E-state index in [4.69, 9.17) is 5.73 Å². The molecule has 2 heteroatoms. The van der Waals surface area contributed by atoms with Gasteiger partial charge in [0.15, 0.2) is 0 Å². The lowest BCUT2D eigenvalue weighted by molar-refractivity contribution is 0.477. The third-order valence-corrected chi connectivity index (χ3v) is 2.45. The Morgan fingerprint density at radius 3 is 2.36 bits per heavy atom. The number of hydrogen-bond donors (Lipinski definition) is 2. The van der Waals surface area contributed by atoms with Crippen molar-refractivity contribution >= 4 is 5.69 Å². The van der Waals surface area contributed by atoms with E-state index in [0.717, 1.165) is 31.2 Å². The maximum absolute atomic E-state index is 9.49. The van der Waals surface area contributed by atoms with Gasteiger partial charge in [-0.2, -0.15) is 0 Å². The summed E-state index contributed by atoms with van der Waals surface area (Å²) in [5.41, 5.74) is 8.83. The van der Waals surface area contributed by atoms with E-state index in [1.54, 1.807) is 6.07 Å². The number of hydrogen-bond acceptors (Lipinski definition) is 2. The molecule has 0 heterocycles. The number of aryl methyl sites for hydroxylation is 1. The number of aromatic hydroxyl groups is 1. The lowest BCUT2D eigenvalue weighted by atomic mass is 9.97. The largest absolute Gasteiger partial charge is 0.506 e. The second-order valence-corrected chi connectivity index (χ2v) is 3.64. The summed E-state index contributed by atoms with van der Waals surface area (Å²) in [6.07, 6.45) is 4.17. The molecule has 14 heavy (non-hydrogen) atoms. The Morgan fingerprint density at radius 1 is 1.14 bits per heavy atom. The van der Waals surface area contributed by atoms with Crippen molar-refractivity contribution in [3.05, 3.63) is 23.3 Å². The van der Waals surface area contributed by atoms with Crippen LogP contribution in [0.4, 0.5) is 5.69 Å². The van der Waals surface area contributed by atoms with E-state index in [2.05, 4.69) is 13.8 Å². The van der Waals surface area contributed by atoms with Gasteiger partial charge in [0, 0.05) is 0 Å². The molecule has 1 aromatic carbocycles. The minimum absolute atomic E-state index is 0.216. The fourth-order valence-corrected chi connectivity index (χ4v) is 1.75. The molecule has 1 aromatic rings. The Hall–Kier alpha value is -1.18. The number of phenolic OH excluding ortho intramolecular Hbond substituents is 1. The summed E-state index contributed by atoms with van der Waals surface area (Å²) < 4.78 is 0. The maximum atomic E-state index is 9.49. The predicted molar refractivity (Wildman–Crippen MR) is 60.5 cm³/mol. The van der Waals surface area contributed by atoms with Crippen LogP contribution in [0.1, 0.15) is 37.8 Å². The molecule has 0 aromatic heterocycles. The highest BCUT2D eigenvalue weighted by Crippen LogP contribution is 2.28. The molecule has 0 fully saturated rings. The van der Waals surface area contributed by atoms with Crippen LogP contribution in [0.3, 0.4) is 0 Å². The number of rotatable bonds is 4. The molecule has 0 bridgehead atoms. The van der Waals surface area contributed by atoms with Crippen LogP contribution in [0.2, 0.25) is 0 Å². The van der Waals surface area contributed by atoms with Crippen molar-refractivity contribution in [2.75, 3.05) is 5.73 Å². The Kier molecular flexibility index (Phi) is 3.81. The Bertz CT molecular complexity index is 307. The molecule has 0 saturated carbocycles. The molecule has 0 amide bonds. The van der Waals surface area contributed by atoms with Crippen molar-refractivity contribution < 1.29 is 5.11 Å². The minimum atomic E-state index is 0.216. The average molecular weight is 193 g/mol. The number of benzene rings is 1. The van der Waals surface area contributed by atoms with Gasteiger partial charge in [-0.15, -0.1) is 0 Å². The van der Waals surface area contributed by atoms with Gasteiger partial charge < -0.3 is 10.8 Å². The smallest absolute Gasteiger partial charge is 0.138 e. The number of anilines is 1. The SMILES string of the molecule is CCCc1ccc(O)c(N)c1CCC. The molecule has 0 atom stereocenters. The fraction of sp³-hybridized carbons (Fsp3) is 0.500. The first-order valence-corrected chi connectivity index (χ1v) is 5.29. The van der Waals surface area contributed by atoms with Gasteiger partial charge in [-0.3, -0.25) is 0 Å².